The average molecular weight is 411 g/mol. The molecule has 1 aromatic carbocycles. The van der Waals surface area contributed by atoms with Gasteiger partial charge in [-0.05, 0) is 52.3 Å². The van der Waals surface area contributed by atoms with Gasteiger partial charge in [-0.25, -0.2) is 4.79 Å². The van der Waals surface area contributed by atoms with Crippen LogP contribution in [0.1, 0.15) is 52.2 Å². The van der Waals surface area contributed by atoms with Crippen molar-refractivity contribution in [1.29, 1.82) is 0 Å². The van der Waals surface area contributed by atoms with Crippen molar-refractivity contribution in [3.63, 3.8) is 0 Å². The van der Waals surface area contributed by atoms with E-state index < -0.39 is 22.2 Å². The molecular weight excluding hydrogens is 380 g/mol. The zero-order valence-electron chi connectivity index (χ0n) is 18.5. The summed E-state index contributed by atoms with van der Waals surface area (Å²) in [5, 5.41) is 10.8. The molecule has 1 atom stereocenters. The fraction of sp³-hybridized carbons (Fsp3) is 0.400. The number of hydrogen-bond acceptors (Lipinski definition) is 5. The minimum absolute atomic E-state index is 0.420. The average Bonchev–Trinajstić information content (AvgIpc) is 2.64. The van der Waals surface area contributed by atoms with Crippen LogP contribution in [0.15, 0.2) is 52.2 Å². The summed E-state index contributed by atoms with van der Waals surface area (Å²) in [7, 11) is 1.59. The van der Waals surface area contributed by atoms with Gasteiger partial charge < -0.3 is 19.0 Å². The highest BCUT2D eigenvalue weighted by Crippen LogP contribution is 2.50. The molecule has 5 heteroatoms. The SMILES string of the molecule is C=C[C@](C)(CC=CC(C)(C)O)c1c2c(c(OC)c3ccc(=O)oc13)C=CC(C)(C)O2. The molecule has 0 saturated carbocycles. The van der Waals surface area contributed by atoms with Gasteiger partial charge in [-0.2, -0.15) is 0 Å². The fourth-order valence-corrected chi connectivity index (χ4v) is 3.72. The lowest BCUT2D eigenvalue weighted by Gasteiger charge is -2.35. The van der Waals surface area contributed by atoms with Gasteiger partial charge in [-0.1, -0.05) is 25.2 Å². The Morgan fingerprint density at radius 2 is 1.97 bits per heavy atom. The smallest absolute Gasteiger partial charge is 0.336 e. The van der Waals surface area contributed by atoms with Crippen molar-refractivity contribution in [3.8, 4) is 11.5 Å². The van der Waals surface area contributed by atoms with Crippen LogP contribution in [0.4, 0.5) is 0 Å². The molecule has 0 radical (unpaired) electrons. The molecule has 1 aliphatic rings. The fourth-order valence-electron chi connectivity index (χ4n) is 3.72. The van der Waals surface area contributed by atoms with Crippen molar-refractivity contribution in [2.45, 2.75) is 57.7 Å². The molecule has 0 aliphatic carbocycles. The van der Waals surface area contributed by atoms with Crippen LogP contribution in [0.25, 0.3) is 17.0 Å². The van der Waals surface area contributed by atoms with E-state index in [2.05, 4.69) is 6.58 Å². The lowest BCUT2D eigenvalue weighted by Crippen LogP contribution is -2.31. The molecule has 0 spiro atoms. The number of rotatable bonds is 6. The first-order chi connectivity index (χ1) is 13.9. The monoisotopic (exact) mass is 410 g/mol. The van der Waals surface area contributed by atoms with Crippen LogP contribution >= 0.6 is 0 Å². The number of ether oxygens (including phenoxy) is 2. The lowest BCUT2D eigenvalue weighted by molar-refractivity contribution is 0.132. The standard InChI is InChI=1S/C25H30O5/c1-8-25(6,14-9-13-23(2,3)27)19-21-16(10-11-18(26)29-21)20(28-7)17-12-15-24(4,5)30-22(17)19/h8-13,15,27H,1,14H2,2-7H3/t25-/m1/s1. The summed E-state index contributed by atoms with van der Waals surface area (Å²) < 4.78 is 17.8. The van der Waals surface area contributed by atoms with Crippen molar-refractivity contribution in [1.82, 2.24) is 0 Å². The zero-order valence-corrected chi connectivity index (χ0v) is 18.5. The normalized spacial score (nSPS) is 17.4. The molecule has 5 nitrogen and oxygen atoms in total. The number of allylic oxidation sites excluding steroid dienone is 2. The second-order valence-electron chi connectivity index (χ2n) is 9.07. The van der Waals surface area contributed by atoms with E-state index in [1.807, 2.05) is 45.1 Å². The molecule has 1 N–H and O–H groups in total. The summed E-state index contributed by atoms with van der Waals surface area (Å²) in [5.41, 5.74) is -0.600. The molecule has 1 aromatic heterocycles. The first-order valence-corrected chi connectivity index (χ1v) is 10.0. The Hall–Kier alpha value is -2.79. The Labute approximate surface area is 177 Å². The van der Waals surface area contributed by atoms with Gasteiger partial charge in [0.1, 0.15) is 22.7 Å². The van der Waals surface area contributed by atoms with Gasteiger partial charge in [0.2, 0.25) is 0 Å². The Morgan fingerprint density at radius 1 is 1.27 bits per heavy atom. The van der Waals surface area contributed by atoms with Crippen molar-refractivity contribution in [3.05, 3.63) is 64.6 Å². The van der Waals surface area contributed by atoms with Crippen LogP contribution in [0, 0.1) is 0 Å². The molecule has 0 saturated heterocycles. The Balaban J connectivity index is 2.38. The summed E-state index contributed by atoms with van der Waals surface area (Å²) in [6.45, 7) is 13.4. The third-order valence-electron chi connectivity index (χ3n) is 5.33. The summed E-state index contributed by atoms with van der Waals surface area (Å²) in [6.07, 6.45) is 9.97. The molecule has 0 unspecified atom stereocenters. The maximum absolute atomic E-state index is 12.2. The van der Waals surface area contributed by atoms with Crippen LogP contribution in [0.2, 0.25) is 0 Å². The van der Waals surface area contributed by atoms with Crippen LogP contribution in [-0.2, 0) is 5.41 Å². The molecule has 0 bridgehead atoms. The van der Waals surface area contributed by atoms with Gasteiger partial charge in [0.25, 0.3) is 0 Å². The predicted octanol–water partition coefficient (Wildman–Crippen LogP) is 5.15. The maximum atomic E-state index is 12.2. The Morgan fingerprint density at radius 3 is 2.57 bits per heavy atom. The Bertz CT molecular complexity index is 1100. The summed E-state index contributed by atoms with van der Waals surface area (Å²) in [4.78, 5) is 12.2. The highest BCUT2D eigenvalue weighted by molar-refractivity contribution is 5.95. The first-order valence-electron chi connectivity index (χ1n) is 10.0. The Kier molecular flexibility index (Phi) is 5.46. The van der Waals surface area contributed by atoms with Crippen LogP contribution < -0.4 is 15.1 Å². The van der Waals surface area contributed by atoms with Crippen molar-refractivity contribution in [2.75, 3.05) is 7.11 Å². The third-order valence-corrected chi connectivity index (χ3v) is 5.33. The van der Waals surface area contributed by atoms with Gasteiger partial charge in [-0.15, -0.1) is 6.58 Å². The molecular formula is C25H30O5. The van der Waals surface area contributed by atoms with E-state index in [0.29, 0.717) is 28.9 Å². The van der Waals surface area contributed by atoms with Crippen LogP contribution in [0.3, 0.4) is 0 Å². The predicted molar refractivity (Wildman–Crippen MR) is 120 cm³/mol. The van der Waals surface area contributed by atoms with Crippen molar-refractivity contribution < 1.29 is 19.0 Å². The molecule has 160 valence electrons. The summed E-state index contributed by atoms with van der Waals surface area (Å²) in [6, 6.07) is 3.10. The van der Waals surface area contributed by atoms with E-state index in [-0.39, 0.29) is 0 Å². The second-order valence-corrected chi connectivity index (χ2v) is 9.07. The van der Waals surface area contributed by atoms with E-state index in [9.17, 15) is 9.90 Å². The number of aliphatic hydroxyl groups is 1. The minimum atomic E-state index is -0.933. The van der Waals surface area contributed by atoms with Gasteiger partial charge in [0.15, 0.2) is 0 Å². The highest BCUT2D eigenvalue weighted by Gasteiger charge is 2.37. The number of hydrogen-bond donors (Lipinski definition) is 1. The molecule has 1 aliphatic heterocycles. The quantitative estimate of drug-likeness (QED) is 0.527. The molecule has 3 rings (SSSR count). The molecule has 0 fully saturated rings. The van der Waals surface area contributed by atoms with E-state index in [4.69, 9.17) is 13.9 Å². The van der Waals surface area contributed by atoms with Gasteiger partial charge in [0, 0.05) is 17.0 Å². The topological polar surface area (TPSA) is 68.9 Å². The second kappa shape index (κ2) is 7.47. The van der Waals surface area contributed by atoms with E-state index in [1.165, 1.54) is 6.07 Å². The lowest BCUT2D eigenvalue weighted by atomic mass is 9.76. The molecule has 2 aromatic rings. The van der Waals surface area contributed by atoms with E-state index >= 15 is 0 Å². The minimum Gasteiger partial charge on any atom is -0.495 e. The third kappa shape index (κ3) is 4.08. The molecule has 2 heterocycles. The maximum Gasteiger partial charge on any atom is 0.336 e. The summed E-state index contributed by atoms with van der Waals surface area (Å²) >= 11 is 0. The number of benzene rings is 1. The highest BCUT2D eigenvalue weighted by atomic mass is 16.5. The van der Waals surface area contributed by atoms with Crippen LogP contribution in [-0.4, -0.2) is 23.4 Å². The number of methoxy groups -OCH3 is 1. The van der Waals surface area contributed by atoms with Gasteiger partial charge in [-0.3, -0.25) is 0 Å². The van der Waals surface area contributed by atoms with Crippen molar-refractivity contribution in [2.24, 2.45) is 0 Å². The van der Waals surface area contributed by atoms with Crippen LogP contribution in [0.5, 0.6) is 11.5 Å². The zero-order chi connectivity index (χ0) is 22.3. The van der Waals surface area contributed by atoms with Gasteiger partial charge >= 0.3 is 5.63 Å². The first kappa shape index (κ1) is 21.9. The molecule has 30 heavy (non-hydrogen) atoms. The summed E-state index contributed by atoms with van der Waals surface area (Å²) in [5.74, 6) is 1.21. The van der Waals surface area contributed by atoms with Gasteiger partial charge in [0.05, 0.1) is 23.7 Å². The van der Waals surface area contributed by atoms with E-state index in [0.717, 1.165) is 11.1 Å². The number of fused-ring (bicyclic) bond motifs is 2. The van der Waals surface area contributed by atoms with Crippen molar-refractivity contribution >= 4 is 17.0 Å². The van der Waals surface area contributed by atoms with E-state index in [1.54, 1.807) is 33.1 Å². The largest absolute Gasteiger partial charge is 0.495 e. The molecule has 0 amide bonds.